The quantitative estimate of drug-likeness (QED) is 0.253. The molecule has 2 amide bonds. The molecule has 0 heterocycles. The van der Waals surface area contributed by atoms with Gasteiger partial charge in [-0.1, -0.05) is 13.3 Å². The second kappa shape index (κ2) is 12.1. The smallest absolute Gasteiger partial charge is 0.414 e. The van der Waals surface area contributed by atoms with Gasteiger partial charge in [0.05, 0.1) is 0 Å². The number of nitrogens with zero attached hydrogens (tertiary/aromatic N) is 1. The molecule has 0 saturated carbocycles. The lowest BCUT2D eigenvalue weighted by Crippen LogP contribution is -2.47. The van der Waals surface area contributed by atoms with Gasteiger partial charge in [-0.05, 0) is 54.4 Å². The van der Waals surface area contributed by atoms with Gasteiger partial charge in [-0.25, -0.2) is 18.4 Å². The summed E-state index contributed by atoms with van der Waals surface area (Å²) in [5.74, 6) is -3.48. The van der Waals surface area contributed by atoms with E-state index in [0.29, 0.717) is 0 Å². The Morgan fingerprint density at radius 1 is 1.03 bits per heavy atom. The van der Waals surface area contributed by atoms with Crippen molar-refractivity contribution < 1.29 is 33.0 Å². The van der Waals surface area contributed by atoms with Crippen molar-refractivity contribution in [3.8, 4) is 0 Å². The maximum absolute atomic E-state index is 13.8. The van der Waals surface area contributed by atoms with E-state index < -0.39 is 47.9 Å². The summed E-state index contributed by atoms with van der Waals surface area (Å²) in [6.45, 7) is 11.7. The van der Waals surface area contributed by atoms with Crippen molar-refractivity contribution in [3.63, 3.8) is 0 Å². The molecule has 0 saturated heterocycles. The molecule has 0 spiro atoms. The first-order chi connectivity index (χ1) is 14.0. The van der Waals surface area contributed by atoms with E-state index >= 15 is 0 Å². The molecule has 0 aliphatic carbocycles. The third-order valence-electron chi connectivity index (χ3n) is 3.63. The molecule has 182 valence electrons. The number of ether oxygens (including phenoxy) is 2. The lowest BCUT2D eigenvalue weighted by Gasteiger charge is -2.27. The summed E-state index contributed by atoms with van der Waals surface area (Å²) >= 11 is 0. The number of rotatable bonds is 8. The SMILES string of the molecule is CCCC(F)(F)C(O)C(N)CCCN=C(NC(=O)OC(C)(C)C)NC(=O)OC(C)(C)C. The number of nitrogens with two attached hydrogens (primary N) is 1. The minimum absolute atomic E-state index is 0.0424. The van der Waals surface area contributed by atoms with Crippen molar-refractivity contribution in [2.75, 3.05) is 6.54 Å². The summed E-state index contributed by atoms with van der Waals surface area (Å²) < 4.78 is 37.8. The highest BCUT2D eigenvalue weighted by Crippen LogP contribution is 2.27. The fraction of sp³-hybridized carbons (Fsp3) is 0.850. The van der Waals surface area contributed by atoms with Gasteiger partial charge in [0, 0.05) is 19.0 Å². The lowest BCUT2D eigenvalue weighted by molar-refractivity contribution is -0.123. The van der Waals surface area contributed by atoms with E-state index in [-0.39, 0.29) is 31.8 Å². The summed E-state index contributed by atoms with van der Waals surface area (Å²) in [7, 11) is 0. The largest absolute Gasteiger partial charge is 0.444 e. The van der Waals surface area contributed by atoms with Crippen LogP contribution in [0.15, 0.2) is 4.99 Å². The molecule has 11 heteroatoms. The highest BCUT2D eigenvalue weighted by Gasteiger charge is 2.40. The Balaban J connectivity index is 4.99. The average molecular weight is 453 g/mol. The zero-order valence-corrected chi connectivity index (χ0v) is 19.6. The van der Waals surface area contributed by atoms with Crippen LogP contribution in [0.4, 0.5) is 18.4 Å². The molecule has 2 atom stereocenters. The number of halogens is 2. The Hall–Kier alpha value is -2.01. The molecular formula is C20H38F2N4O5. The van der Waals surface area contributed by atoms with Crippen molar-refractivity contribution in [2.45, 2.75) is 103 Å². The van der Waals surface area contributed by atoms with E-state index in [1.165, 1.54) is 0 Å². The number of carbonyl (C=O) groups excluding carboxylic acids is 2. The summed E-state index contributed by atoms with van der Waals surface area (Å²) in [6, 6.07) is -1.14. The van der Waals surface area contributed by atoms with E-state index in [1.807, 2.05) is 0 Å². The Kier molecular flexibility index (Phi) is 11.3. The minimum Gasteiger partial charge on any atom is -0.444 e. The molecule has 0 aromatic carbocycles. The van der Waals surface area contributed by atoms with Gasteiger partial charge in [-0.15, -0.1) is 0 Å². The van der Waals surface area contributed by atoms with Crippen LogP contribution in [-0.4, -0.2) is 59.1 Å². The molecule has 0 aromatic heterocycles. The van der Waals surface area contributed by atoms with Crippen molar-refractivity contribution in [1.29, 1.82) is 0 Å². The van der Waals surface area contributed by atoms with E-state index in [9.17, 15) is 23.5 Å². The minimum atomic E-state index is -3.26. The average Bonchev–Trinajstić information content (AvgIpc) is 2.53. The lowest BCUT2D eigenvalue weighted by atomic mass is 9.98. The maximum Gasteiger partial charge on any atom is 0.414 e. The van der Waals surface area contributed by atoms with Crippen molar-refractivity contribution in [2.24, 2.45) is 10.7 Å². The van der Waals surface area contributed by atoms with Crippen LogP contribution in [0.5, 0.6) is 0 Å². The number of carbonyl (C=O) groups is 2. The molecule has 0 bridgehead atoms. The predicted molar refractivity (Wildman–Crippen MR) is 114 cm³/mol. The van der Waals surface area contributed by atoms with Gasteiger partial charge in [-0.2, -0.15) is 0 Å². The highest BCUT2D eigenvalue weighted by atomic mass is 19.3. The van der Waals surface area contributed by atoms with E-state index in [2.05, 4.69) is 15.6 Å². The summed E-state index contributed by atoms with van der Waals surface area (Å²) in [6.07, 6.45) is -3.58. The van der Waals surface area contributed by atoms with E-state index in [1.54, 1.807) is 48.5 Å². The van der Waals surface area contributed by atoms with Crippen LogP contribution in [0, 0.1) is 0 Å². The number of hydrogen-bond acceptors (Lipinski definition) is 7. The molecule has 2 unspecified atom stereocenters. The van der Waals surface area contributed by atoms with Gasteiger partial charge in [-0.3, -0.25) is 15.6 Å². The van der Waals surface area contributed by atoms with Crippen LogP contribution in [0.3, 0.4) is 0 Å². The fourth-order valence-corrected chi connectivity index (χ4v) is 2.38. The van der Waals surface area contributed by atoms with Gasteiger partial charge in [0.25, 0.3) is 5.92 Å². The molecule has 31 heavy (non-hydrogen) atoms. The Bertz CT molecular complexity index is 584. The van der Waals surface area contributed by atoms with Crippen LogP contribution in [0.1, 0.15) is 74.1 Å². The molecule has 5 N–H and O–H groups in total. The number of aliphatic hydroxyl groups excluding tert-OH is 1. The number of aliphatic imine (C=N–C) groups is 1. The number of hydrogen-bond donors (Lipinski definition) is 4. The third kappa shape index (κ3) is 13.8. The van der Waals surface area contributed by atoms with Gasteiger partial charge in [0.1, 0.15) is 17.3 Å². The number of guanidine groups is 1. The van der Waals surface area contributed by atoms with E-state index in [0.717, 1.165) is 0 Å². The highest BCUT2D eigenvalue weighted by molar-refractivity contribution is 6.01. The summed E-state index contributed by atoms with van der Waals surface area (Å²) in [5.41, 5.74) is 4.15. The van der Waals surface area contributed by atoms with Gasteiger partial charge >= 0.3 is 12.2 Å². The normalized spacial score (nSPS) is 14.3. The number of alkyl carbamates (subject to hydrolysis) is 2. The molecule has 0 aromatic rings. The standard InChI is InChI=1S/C20H38F2N4O5/c1-8-11-20(21,22)14(27)13(23)10-9-12-24-15(25-16(28)30-18(2,3)4)26-17(29)31-19(5,6)7/h13-14,27H,8-12,23H2,1-7H3,(H2,24,25,26,28,29). The Morgan fingerprint density at radius 3 is 1.87 bits per heavy atom. The van der Waals surface area contributed by atoms with Crippen LogP contribution in [0.25, 0.3) is 0 Å². The predicted octanol–water partition coefficient (Wildman–Crippen LogP) is 3.30. The Morgan fingerprint density at radius 2 is 1.48 bits per heavy atom. The van der Waals surface area contributed by atoms with Gasteiger partial charge in [0.15, 0.2) is 0 Å². The van der Waals surface area contributed by atoms with E-state index in [4.69, 9.17) is 15.2 Å². The van der Waals surface area contributed by atoms with Crippen LogP contribution < -0.4 is 16.4 Å². The van der Waals surface area contributed by atoms with Gasteiger partial charge in [0.2, 0.25) is 5.96 Å². The number of nitrogens with one attached hydrogen (secondary N) is 2. The number of amides is 2. The molecule has 0 rings (SSSR count). The van der Waals surface area contributed by atoms with Crippen molar-refractivity contribution >= 4 is 18.1 Å². The zero-order valence-electron chi connectivity index (χ0n) is 19.6. The van der Waals surface area contributed by atoms with Crippen molar-refractivity contribution in [3.05, 3.63) is 0 Å². The van der Waals surface area contributed by atoms with Crippen LogP contribution in [-0.2, 0) is 9.47 Å². The maximum atomic E-state index is 13.8. The topological polar surface area (TPSA) is 135 Å². The zero-order chi connectivity index (χ0) is 24.5. The van der Waals surface area contributed by atoms with Gasteiger partial charge < -0.3 is 20.3 Å². The molecular weight excluding hydrogens is 414 g/mol. The summed E-state index contributed by atoms with van der Waals surface area (Å²) in [5, 5.41) is 14.4. The summed E-state index contributed by atoms with van der Waals surface area (Å²) in [4.78, 5) is 28.1. The fourth-order valence-electron chi connectivity index (χ4n) is 2.38. The third-order valence-corrected chi connectivity index (χ3v) is 3.63. The number of alkyl halides is 2. The first-order valence-corrected chi connectivity index (χ1v) is 10.3. The monoisotopic (exact) mass is 452 g/mol. The molecule has 0 aliphatic heterocycles. The first kappa shape index (κ1) is 29.0. The molecule has 0 radical (unpaired) electrons. The Labute approximate surface area is 183 Å². The van der Waals surface area contributed by atoms with Crippen LogP contribution in [0.2, 0.25) is 0 Å². The molecule has 0 fully saturated rings. The molecule has 9 nitrogen and oxygen atoms in total. The molecule has 0 aliphatic rings. The van der Waals surface area contributed by atoms with Crippen molar-refractivity contribution in [1.82, 2.24) is 10.6 Å². The second-order valence-corrected chi connectivity index (χ2v) is 9.25. The van der Waals surface area contributed by atoms with Crippen LogP contribution >= 0.6 is 0 Å². The first-order valence-electron chi connectivity index (χ1n) is 10.3. The second-order valence-electron chi connectivity index (χ2n) is 9.25. The number of aliphatic hydroxyl groups is 1.